The summed E-state index contributed by atoms with van der Waals surface area (Å²) in [5.41, 5.74) is 6.37. The Morgan fingerprint density at radius 1 is 0.532 bits per heavy atom. The van der Waals surface area contributed by atoms with Gasteiger partial charge < -0.3 is 4.42 Å². The molecule has 218 valence electrons. The summed E-state index contributed by atoms with van der Waals surface area (Å²) in [5.74, 6) is 0.594. The molecule has 0 N–H and O–H groups in total. The van der Waals surface area contributed by atoms with Crippen molar-refractivity contribution in [2.75, 3.05) is 0 Å². The lowest BCUT2D eigenvalue weighted by atomic mass is 9.99. The van der Waals surface area contributed by atoms with E-state index in [2.05, 4.69) is 95.6 Å². The van der Waals surface area contributed by atoms with Gasteiger partial charge in [0, 0.05) is 54.2 Å². The molecule has 0 spiro atoms. The summed E-state index contributed by atoms with van der Waals surface area (Å²) in [5, 5.41) is 10.3. The van der Waals surface area contributed by atoms with Crippen LogP contribution in [0.2, 0.25) is 0 Å². The van der Waals surface area contributed by atoms with E-state index in [9.17, 15) is 0 Å². The van der Waals surface area contributed by atoms with Gasteiger partial charge >= 0.3 is 0 Å². The second kappa shape index (κ2) is 9.22. The molecule has 0 atom stereocenters. The second-order valence-corrected chi connectivity index (χ2v) is 13.0. The summed E-state index contributed by atoms with van der Waals surface area (Å²) >= 11 is 1.82. The van der Waals surface area contributed by atoms with Gasteiger partial charge in [-0.2, -0.15) is 0 Å². The first-order valence-electron chi connectivity index (χ1n) is 15.6. The molecule has 5 aromatic heterocycles. The van der Waals surface area contributed by atoms with Crippen LogP contribution < -0.4 is 0 Å². The Labute approximate surface area is 271 Å². The number of fused-ring (bicyclic) bond motifs is 14. The first-order chi connectivity index (χ1) is 23.3. The summed E-state index contributed by atoms with van der Waals surface area (Å²) in [7, 11) is 0. The van der Waals surface area contributed by atoms with Gasteiger partial charge in [0.05, 0.1) is 21.4 Å². The SMILES string of the molecule is c1ccc2c(-c3cccc4oc5ccccc5c34)nc(-n3c4ncccc4c4c5ccccc5c5c6ccccc6sc5c43)nc2c1. The standard InChI is InChI=1S/C41H22N4OS/c1-2-12-24-23(11-1)35-29-17-10-22-42-40(29)45(38(35)39-36(24)27-15-5-8-21-33(27)47-39)41-43-30-18-6-3-13-25(30)37(44-41)28-16-9-20-32-34(28)26-14-4-7-19-31(26)46-32/h1-22H. The molecule has 0 aliphatic carbocycles. The molecule has 0 bridgehead atoms. The summed E-state index contributed by atoms with van der Waals surface area (Å²) < 4.78 is 11.0. The van der Waals surface area contributed by atoms with E-state index >= 15 is 0 Å². The van der Waals surface area contributed by atoms with Crippen molar-refractivity contribution in [2.45, 2.75) is 0 Å². The van der Waals surface area contributed by atoms with Gasteiger partial charge in [0.2, 0.25) is 5.95 Å². The smallest absolute Gasteiger partial charge is 0.237 e. The topological polar surface area (TPSA) is 56.7 Å². The molecule has 0 aliphatic heterocycles. The third-order valence-electron chi connectivity index (χ3n) is 9.45. The molecule has 47 heavy (non-hydrogen) atoms. The summed E-state index contributed by atoms with van der Waals surface area (Å²) in [4.78, 5) is 15.7. The molecule has 0 aliphatic rings. The number of benzene rings is 6. The quantitative estimate of drug-likeness (QED) is 0.193. The number of nitrogens with zero attached hydrogens (tertiary/aromatic N) is 4. The van der Waals surface area contributed by atoms with Crippen LogP contribution in [0.1, 0.15) is 0 Å². The van der Waals surface area contributed by atoms with Gasteiger partial charge in [0.1, 0.15) is 16.8 Å². The maximum Gasteiger partial charge on any atom is 0.237 e. The van der Waals surface area contributed by atoms with Crippen molar-refractivity contribution in [3.8, 4) is 17.2 Å². The van der Waals surface area contributed by atoms with Crippen LogP contribution in [0.25, 0.3) is 103 Å². The number of thiophene rings is 1. The molecule has 5 nitrogen and oxygen atoms in total. The monoisotopic (exact) mass is 618 g/mol. The van der Waals surface area contributed by atoms with E-state index in [4.69, 9.17) is 19.4 Å². The second-order valence-electron chi connectivity index (χ2n) is 11.9. The number of hydrogen-bond donors (Lipinski definition) is 0. The molecule has 11 aromatic rings. The van der Waals surface area contributed by atoms with Crippen LogP contribution >= 0.6 is 11.3 Å². The predicted molar refractivity (Wildman–Crippen MR) is 195 cm³/mol. The highest BCUT2D eigenvalue weighted by molar-refractivity contribution is 7.27. The lowest BCUT2D eigenvalue weighted by Gasteiger charge is -2.13. The van der Waals surface area contributed by atoms with E-state index < -0.39 is 0 Å². The highest BCUT2D eigenvalue weighted by Gasteiger charge is 2.25. The van der Waals surface area contributed by atoms with Crippen LogP contribution in [0, 0.1) is 0 Å². The molecular weight excluding hydrogens is 597 g/mol. The molecular formula is C41H22N4OS. The average Bonchev–Trinajstić information content (AvgIpc) is 3.81. The fourth-order valence-corrected chi connectivity index (χ4v) is 8.80. The van der Waals surface area contributed by atoms with Crippen molar-refractivity contribution in [1.82, 2.24) is 19.5 Å². The third-order valence-corrected chi connectivity index (χ3v) is 10.6. The Hall–Kier alpha value is -6.11. The van der Waals surface area contributed by atoms with Gasteiger partial charge in [0.25, 0.3) is 0 Å². The van der Waals surface area contributed by atoms with Gasteiger partial charge in [-0.15, -0.1) is 11.3 Å². The zero-order valence-corrected chi connectivity index (χ0v) is 25.6. The lowest BCUT2D eigenvalue weighted by Crippen LogP contribution is -2.04. The number of aromatic nitrogens is 4. The predicted octanol–water partition coefficient (Wildman–Crippen LogP) is 11.2. The zero-order valence-electron chi connectivity index (χ0n) is 24.8. The summed E-state index contributed by atoms with van der Waals surface area (Å²) in [6, 6.07) is 44.3. The Bertz CT molecular complexity index is 3090. The Kier molecular flexibility index (Phi) is 4.93. The van der Waals surface area contributed by atoms with Crippen LogP contribution in [0.3, 0.4) is 0 Å². The first kappa shape index (κ1) is 25.1. The van der Waals surface area contributed by atoms with E-state index in [0.29, 0.717) is 5.95 Å². The van der Waals surface area contributed by atoms with E-state index in [1.807, 2.05) is 53.9 Å². The first-order valence-corrected chi connectivity index (χ1v) is 16.4. The highest BCUT2D eigenvalue weighted by atomic mass is 32.1. The molecule has 6 aromatic carbocycles. The Balaban J connectivity index is 1.35. The van der Waals surface area contributed by atoms with Crippen molar-refractivity contribution in [2.24, 2.45) is 0 Å². The van der Waals surface area contributed by atoms with Gasteiger partial charge in [-0.25, -0.2) is 15.0 Å². The number of rotatable bonds is 2. The zero-order chi connectivity index (χ0) is 30.6. The number of pyridine rings is 1. The van der Waals surface area contributed by atoms with Gasteiger partial charge in [-0.1, -0.05) is 91.0 Å². The molecule has 0 radical (unpaired) electrons. The number of hydrogen-bond acceptors (Lipinski definition) is 5. The molecule has 6 heteroatoms. The van der Waals surface area contributed by atoms with Crippen LogP contribution in [0.5, 0.6) is 0 Å². The molecule has 0 saturated heterocycles. The third kappa shape index (κ3) is 3.34. The van der Waals surface area contributed by atoms with Crippen LogP contribution in [0.4, 0.5) is 0 Å². The molecule has 0 fully saturated rings. The molecule has 5 heterocycles. The van der Waals surface area contributed by atoms with Crippen LogP contribution in [0.15, 0.2) is 138 Å². The average molecular weight is 619 g/mol. The Morgan fingerprint density at radius 3 is 2.13 bits per heavy atom. The molecule has 0 saturated carbocycles. The van der Waals surface area contributed by atoms with E-state index in [0.717, 1.165) is 60.6 Å². The highest BCUT2D eigenvalue weighted by Crippen LogP contribution is 2.47. The minimum Gasteiger partial charge on any atom is -0.456 e. The van der Waals surface area contributed by atoms with Crippen molar-refractivity contribution < 1.29 is 4.42 Å². The van der Waals surface area contributed by atoms with Crippen molar-refractivity contribution in [3.63, 3.8) is 0 Å². The van der Waals surface area contributed by atoms with E-state index in [-0.39, 0.29) is 0 Å². The number of furan rings is 1. The summed E-state index contributed by atoms with van der Waals surface area (Å²) in [6.45, 7) is 0. The van der Waals surface area contributed by atoms with Crippen LogP contribution in [-0.2, 0) is 0 Å². The lowest BCUT2D eigenvalue weighted by molar-refractivity contribution is 0.669. The largest absolute Gasteiger partial charge is 0.456 e. The molecule has 0 unspecified atom stereocenters. The van der Waals surface area contributed by atoms with Gasteiger partial charge in [0.15, 0.2) is 0 Å². The van der Waals surface area contributed by atoms with Gasteiger partial charge in [-0.05, 0) is 47.2 Å². The fourth-order valence-electron chi connectivity index (χ4n) is 7.54. The van der Waals surface area contributed by atoms with E-state index in [1.165, 1.54) is 36.3 Å². The van der Waals surface area contributed by atoms with Crippen LogP contribution in [-0.4, -0.2) is 19.5 Å². The maximum atomic E-state index is 6.31. The van der Waals surface area contributed by atoms with Gasteiger partial charge in [-0.3, -0.25) is 4.57 Å². The van der Waals surface area contributed by atoms with Crippen molar-refractivity contribution in [1.29, 1.82) is 0 Å². The van der Waals surface area contributed by atoms with E-state index in [1.54, 1.807) is 0 Å². The minimum atomic E-state index is 0.594. The van der Waals surface area contributed by atoms with Crippen molar-refractivity contribution in [3.05, 3.63) is 134 Å². The fraction of sp³-hybridized carbons (Fsp3) is 0. The normalized spacial score (nSPS) is 12.3. The Morgan fingerprint density at radius 2 is 1.23 bits per heavy atom. The molecule has 0 amide bonds. The van der Waals surface area contributed by atoms with Crippen molar-refractivity contribution >= 4 is 97.1 Å². The number of para-hydroxylation sites is 2. The molecule has 11 rings (SSSR count). The summed E-state index contributed by atoms with van der Waals surface area (Å²) in [6.07, 6.45) is 1.86. The minimum absolute atomic E-state index is 0.594. The maximum absolute atomic E-state index is 6.31.